The van der Waals surface area contributed by atoms with E-state index in [-0.39, 0.29) is 5.91 Å². The van der Waals surface area contributed by atoms with Gasteiger partial charge in [-0.3, -0.25) is 9.36 Å². The maximum atomic E-state index is 11.6. The molecule has 2 heterocycles. The van der Waals surface area contributed by atoms with E-state index in [0.717, 1.165) is 24.4 Å². The van der Waals surface area contributed by atoms with Gasteiger partial charge in [-0.1, -0.05) is 12.2 Å². The van der Waals surface area contributed by atoms with Crippen molar-refractivity contribution in [2.45, 2.75) is 12.3 Å². The molecule has 4 heteroatoms. The molecule has 72 valence electrons. The number of hydrogen-bond donors (Lipinski definition) is 1. The lowest BCUT2D eigenvalue weighted by Gasteiger charge is -2.15. The van der Waals surface area contributed by atoms with Gasteiger partial charge in [0.05, 0.1) is 17.9 Å². The van der Waals surface area contributed by atoms with Crippen molar-refractivity contribution in [1.29, 1.82) is 0 Å². The lowest BCUT2D eigenvalue weighted by Crippen LogP contribution is -2.24. The van der Waals surface area contributed by atoms with Crippen molar-refractivity contribution in [3.8, 4) is 0 Å². The van der Waals surface area contributed by atoms with Crippen LogP contribution in [0.2, 0.25) is 0 Å². The van der Waals surface area contributed by atoms with Crippen molar-refractivity contribution >= 4 is 5.91 Å². The van der Waals surface area contributed by atoms with E-state index in [4.69, 9.17) is 0 Å². The minimum Gasteiger partial charge on any atom is -0.307 e. The number of nitrogens with zero attached hydrogens (tertiary/aromatic N) is 2. The minimum absolute atomic E-state index is 0.0940. The molecule has 1 unspecified atom stereocenters. The number of carbonyl (C=O) groups excluding carboxylic acids is 1. The highest BCUT2D eigenvalue weighted by molar-refractivity contribution is 5.82. The van der Waals surface area contributed by atoms with E-state index in [1.165, 1.54) is 0 Å². The van der Waals surface area contributed by atoms with Crippen LogP contribution < -0.4 is 5.32 Å². The smallest absolute Gasteiger partial charge is 0.246 e. The van der Waals surface area contributed by atoms with Crippen LogP contribution in [0.15, 0.2) is 18.5 Å². The third-order valence-electron chi connectivity index (χ3n) is 2.82. The van der Waals surface area contributed by atoms with Crippen LogP contribution in [0.5, 0.6) is 0 Å². The second-order valence-corrected chi connectivity index (χ2v) is 3.71. The first-order valence-corrected chi connectivity index (χ1v) is 4.83. The molecule has 0 aromatic carbocycles. The van der Waals surface area contributed by atoms with Crippen LogP contribution in [-0.2, 0) is 6.42 Å². The van der Waals surface area contributed by atoms with Crippen molar-refractivity contribution in [3.63, 3.8) is 0 Å². The van der Waals surface area contributed by atoms with Crippen LogP contribution in [0.4, 0.5) is 0 Å². The third-order valence-corrected chi connectivity index (χ3v) is 2.82. The topological polar surface area (TPSA) is 46.9 Å². The number of imidazole rings is 1. The number of aromatic nitrogens is 2. The van der Waals surface area contributed by atoms with E-state index in [2.05, 4.69) is 22.5 Å². The molecule has 1 aromatic rings. The van der Waals surface area contributed by atoms with Gasteiger partial charge >= 0.3 is 0 Å². The molecule has 4 nitrogen and oxygen atoms in total. The predicted octanol–water partition coefficient (Wildman–Crippen LogP) is 0.322. The summed E-state index contributed by atoms with van der Waals surface area (Å²) in [5, 5.41) is 3.14. The quantitative estimate of drug-likeness (QED) is 0.598. The predicted molar refractivity (Wildman–Crippen MR) is 51.3 cm³/mol. The molecule has 0 saturated carbocycles. The first-order chi connectivity index (χ1) is 6.86. The van der Waals surface area contributed by atoms with E-state index >= 15 is 0 Å². The second-order valence-electron chi connectivity index (χ2n) is 3.71. The number of carbonyl (C=O) groups is 1. The minimum atomic E-state index is 0.0940. The number of nitrogens with one attached hydrogen (secondary N) is 1. The standard InChI is InChI=1S/C10H11N3O/c14-9-5-11-4-7-2-1-3-8-10(7)13(9)6-12-8/h1-2,6-7,11H,3-5H2. The van der Waals surface area contributed by atoms with Gasteiger partial charge in [0.1, 0.15) is 6.33 Å². The van der Waals surface area contributed by atoms with Crippen molar-refractivity contribution in [2.75, 3.05) is 13.1 Å². The first-order valence-electron chi connectivity index (χ1n) is 4.83. The molecule has 14 heavy (non-hydrogen) atoms. The Morgan fingerprint density at radius 2 is 2.50 bits per heavy atom. The molecule has 0 bridgehead atoms. The average Bonchev–Trinajstić information content (AvgIpc) is 2.54. The van der Waals surface area contributed by atoms with Gasteiger partial charge < -0.3 is 5.32 Å². The fourth-order valence-electron chi connectivity index (χ4n) is 2.16. The Kier molecular flexibility index (Phi) is 1.58. The molecule has 0 fully saturated rings. The molecule has 0 spiro atoms. The average molecular weight is 189 g/mol. The summed E-state index contributed by atoms with van der Waals surface area (Å²) in [5.41, 5.74) is 2.14. The Morgan fingerprint density at radius 3 is 3.43 bits per heavy atom. The molecule has 1 aliphatic heterocycles. The molecular formula is C10H11N3O. The van der Waals surface area contributed by atoms with Gasteiger partial charge in [-0.05, 0) is 0 Å². The summed E-state index contributed by atoms with van der Waals surface area (Å²) in [6, 6.07) is 0. The number of allylic oxidation sites excluding steroid dienone is 1. The van der Waals surface area contributed by atoms with E-state index in [1.54, 1.807) is 10.9 Å². The Balaban J connectivity index is 2.20. The van der Waals surface area contributed by atoms with Crippen LogP contribution >= 0.6 is 0 Å². The van der Waals surface area contributed by atoms with Crippen LogP contribution in [0.3, 0.4) is 0 Å². The van der Waals surface area contributed by atoms with Gasteiger partial charge in [-0.25, -0.2) is 4.98 Å². The Labute approximate surface area is 81.6 Å². The molecule has 1 aliphatic carbocycles. The molecule has 1 atom stereocenters. The maximum absolute atomic E-state index is 11.6. The summed E-state index contributed by atoms with van der Waals surface area (Å²) >= 11 is 0. The van der Waals surface area contributed by atoms with Crippen LogP contribution in [0.25, 0.3) is 0 Å². The van der Waals surface area contributed by atoms with Gasteiger partial charge in [-0.2, -0.15) is 0 Å². The monoisotopic (exact) mass is 189 g/mol. The summed E-state index contributed by atoms with van der Waals surface area (Å²) in [6.45, 7) is 1.24. The lowest BCUT2D eigenvalue weighted by molar-refractivity contribution is 0.0915. The van der Waals surface area contributed by atoms with E-state index in [0.29, 0.717) is 12.5 Å². The zero-order valence-electron chi connectivity index (χ0n) is 7.73. The molecule has 0 radical (unpaired) electrons. The number of hydrogen-bond acceptors (Lipinski definition) is 3. The zero-order chi connectivity index (χ0) is 9.54. The highest BCUT2D eigenvalue weighted by Gasteiger charge is 2.26. The molecule has 0 amide bonds. The van der Waals surface area contributed by atoms with Crippen molar-refractivity contribution in [2.24, 2.45) is 0 Å². The van der Waals surface area contributed by atoms with Crippen LogP contribution in [0.1, 0.15) is 22.1 Å². The van der Waals surface area contributed by atoms with Crippen molar-refractivity contribution < 1.29 is 4.79 Å². The molecular weight excluding hydrogens is 178 g/mol. The summed E-state index contributed by atoms with van der Waals surface area (Å²) in [7, 11) is 0. The van der Waals surface area contributed by atoms with Gasteiger partial charge in [0.15, 0.2) is 0 Å². The maximum Gasteiger partial charge on any atom is 0.246 e. The van der Waals surface area contributed by atoms with E-state index < -0.39 is 0 Å². The van der Waals surface area contributed by atoms with Crippen molar-refractivity contribution in [3.05, 3.63) is 29.9 Å². The van der Waals surface area contributed by atoms with Gasteiger partial charge in [-0.15, -0.1) is 0 Å². The van der Waals surface area contributed by atoms with Crippen LogP contribution in [0, 0.1) is 0 Å². The molecule has 1 aromatic heterocycles. The third kappa shape index (κ3) is 0.974. The number of rotatable bonds is 0. The van der Waals surface area contributed by atoms with Crippen LogP contribution in [-0.4, -0.2) is 28.5 Å². The Bertz CT molecular complexity index is 419. The highest BCUT2D eigenvalue weighted by Crippen LogP contribution is 2.26. The summed E-state index contributed by atoms with van der Waals surface area (Å²) in [4.78, 5) is 15.9. The zero-order valence-corrected chi connectivity index (χ0v) is 7.73. The summed E-state index contributed by atoms with van der Waals surface area (Å²) in [5.74, 6) is 0.407. The van der Waals surface area contributed by atoms with Gasteiger partial charge in [0.25, 0.3) is 0 Å². The summed E-state index contributed by atoms with van der Waals surface area (Å²) in [6.07, 6.45) is 6.79. The largest absolute Gasteiger partial charge is 0.307 e. The SMILES string of the molecule is O=C1CNCC2C=CCc3ncn1c32. The molecule has 2 aliphatic rings. The fraction of sp³-hybridized carbons (Fsp3) is 0.400. The highest BCUT2D eigenvalue weighted by atomic mass is 16.2. The second kappa shape index (κ2) is 2.78. The Morgan fingerprint density at radius 1 is 1.57 bits per heavy atom. The summed E-state index contributed by atoms with van der Waals surface area (Å²) < 4.78 is 1.70. The first kappa shape index (κ1) is 7.94. The van der Waals surface area contributed by atoms with Gasteiger partial charge in [0, 0.05) is 18.9 Å². The fourth-order valence-corrected chi connectivity index (χ4v) is 2.16. The van der Waals surface area contributed by atoms with Crippen molar-refractivity contribution in [1.82, 2.24) is 14.9 Å². The Hall–Kier alpha value is -1.42. The molecule has 0 saturated heterocycles. The van der Waals surface area contributed by atoms with E-state index in [1.807, 2.05) is 0 Å². The van der Waals surface area contributed by atoms with Gasteiger partial charge in [0.2, 0.25) is 5.91 Å². The van der Waals surface area contributed by atoms with E-state index in [9.17, 15) is 4.79 Å². The molecule has 3 rings (SSSR count). The molecule has 1 N–H and O–H groups in total. The normalized spacial score (nSPS) is 24.6. The lowest BCUT2D eigenvalue weighted by atomic mass is 9.96.